The highest BCUT2D eigenvalue weighted by Gasteiger charge is 2.22. The summed E-state index contributed by atoms with van der Waals surface area (Å²) in [4.78, 5) is 8.64. The Morgan fingerprint density at radius 2 is 2.19 bits per heavy atom. The van der Waals surface area contributed by atoms with Crippen LogP contribution in [0.5, 0.6) is 0 Å². The third kappa shape index (κ3) is 4.28. The third-order valence-corrected chi connectivity index (χ3v) is 4.31. The van der Waals surface area contributed by atoms with Crippen molar-refractivity contribution in [3.8, 4) is 0 Å². The molecule has 0 aromatic carbocycles. The minimum atomic E-state index is -0.343. The first kappa shape index (κ1) is 16.5. The van der Waals surface area contributed by atoms with E-state index in [1.54, 1.807) is 0 Å². The van der Waals surface area contributed by atoms with E-state index in [0.29, 0.717) is 23.4 Å². The van der Waals surface area contributed by atoms with Gasteiger partial charge in [0.15, 0.2) is 11.6 Å². The molecule has 2 heterocycles. The second-order valence-electron chi connectivity index (χ2n) is 5.47. The van der Waals surface area contributed by atoms with E-state index in [1.165, 1.54) is 12.3 Å². The van der Waals surface area contributed by atoms with Crippen LogP contribution < -0.4 is 10.6 Å². The van der Waals surface area contributed by atoms with Crippen LogP contribution in [0.1, 0.15) is 26.2 Å². The van der Waals surface area contributed by atoms with E-state index in [0.717, 1.165) is 45.4 Å². The van der Waals surface area contributed by atoms with Crippen molar-refractivity contribution >= 4 is 17.4 Å². The summed E-state index contributed by atoms with van der Waals surface area (Å²) in [5, 5.41) is 0.335. The fourth-order valence-corrected chi connectivity index (χ4v) is 3.14. The fraction of sp³-hybridized carbons (Fsp3) is 0.667. The quantitative estimate of drug-likeness (QED) is 0.907. The van der Waals surface area contributed by atoms with Crippen molar-refractivity contribution < 1.29 is 4.39 Å². The number of nitrogens with two attached hydrogens (primary N) is 1. The fourth-order valence-electron chi connectivity index (χ4n) is 2.99. The van der Waals surface area contributed by atoms with Crippen LogP contribution in [0.15, 0.2) is 12.3 Å². The van der Waals surface area contributed by atoms with Crippen molar-refractivity contribution in [3.63, 3.8) is 0 Å². The van der Waals surface area contributed by atoms with E-state index < -0.39 is 0 Å². The number of pyridine rings is 1. The molecule has 0 saturated carbocycles. The molecule has 21 heavy (non-hydrogen) atoms. The van der Waals surface area contributed by atoms with Crippen LogP contribution in [0, 0.1) is 5.82 Å². The minimum Gasteiger partial charge on any atom is -0.353 e. The molecule has 6 heteroatoms. The summed E-state index contributed by atoms with van der Waals surface area (Å²) in [6, 6.07) is 1.86. The van der Waals surface area contributed by atoms with Gasteiger partial charge in [0, 0.05) is 38.4 Å². The van der Waals surface area contributed by atoms with Gasteiger partial charge in [-0.05, 0) is 31.9 Å². The zero-order valence-corrected chi connectivity index (χ0v) is 13.3. The van der Waals surface area contributed by atoms with E-state index in [4.69, 9.17) is 17.3 Å². The highest BCUT2D eigenvalue weighted by molar-refractivity contribution is 6.30. The monoisotopic (exact) mass is 314 g/mol. The first-order valence-electron chi connectivity index (χ1n) is 7.65. The lowest BCUT2D eigenvalue weighted by molar-refractivity contribution is 0.196. The molecule has 1 atom stereocenters. The molecule has 4 nitrogen and oxygen atoms in total. The Bertz CT molecular complexity index is 457. The largest absolute Gasteiger partial charge is 0.353 e. The number of nitrogens with zero attached hydrogens (tertiary/aromatic N) is 3. The van der Waals surface area contributed by atoms with E-state index in [1.807, 2.05) is 4.90 Å². The Hall–Kier alpha value is -0.910. The van der Waals surface area contributed by atoms with Gasteiger partial charge in [0.2, 0.25) is 0 Å². The normalized spacial score (nSPS) is 18.6. The lowest BCUT2D eigenvalue weighted by Gasteiger charge is -2.29. The lowest BCUT2D eigenvalue weighted by Crippen LogP contribution is -2.39. The molecular formula is C15H24ClFN4. The van der Waals surface area contributed by atoms with Gasteiger partial charge in [-0.15, -0.1) is 0 Å². The van der Waals surface area contributed by atoms with Gasteiger partial charge in [0.25, 0.3) is 0 Å². The van der Waals surface area contributed by atoms with Crippen molar-refractivity contribution in [2.75, 3.05) is 37.6 Å². The SMILES string of the molecule is CCC(CCN)N1CCCN(c2ncc(Cl)cc2F)CC1. The van der Waals surface area contributed by atoms with Gasteiger partial charge in [0.1, 0.15) is 0 Å². The highest BCUT2D eigenvalue weighted by atomic mass is 35.5. The van der Waals surface area contributed by atoms with Crippen LogP contribution in [-0.4, -0.2) is 48.6 Å². The van der Waals surface area contributed by atoms with Crippen LogP contribution in [0.4, 0.5) is 10.2 Å². The van der Waals surface area contributed by atoms with Crippen molar-refractivity contribution in [3.05, 3.63) is 23.1 Å². The molecule has 2 rings (SSSR count). The van der Waals surface area contributed by atoms with Crippen LogP contribution in [0.2, 0.25) is 5.02 Å². The summed E-state index contributed by atoms with van der Waals surface area (Å²) in [7, 11) is 0. The molecule has 1 aromatic rings. The maximum Gasteiger partial charge on any atom is 0.167 e. The van der Waals surface area contributed by atoms with Gasteiger partial charge in [-0.3, -0.25) is 4.90 Å². The van der Waals surface area contributed by atoms with Gasteiger partial charge in [0.05, 0.1) is 5.02 Å². The predicted molar refractivity (Wildman–Crippen MR) is 85.4 cm³/mol. The number of rotatable bonds is 5. The molecule has 1 aromatic heterocycles. The standard InChI is InChI=1S/C15H24ClFN4/c1-2-13(4-5-18)20-6-3-7-21(9-8-20)15-14(17)10-12(16)11-19-15/h10-11,13H,2-9,18H2,1H3. The van der Waals surface area contributed by atoms with Gasteiger partial charge in [-0.1, -0.05) is 18.5 Å². The molecule has 118 valence electrons. The maximum absolute atomic E-state index is 14.0. The summed E-state index contributed by atoms with van der Waals surface area (Å²) in [5.74, 6) is 0.0677. The van der Waals surface area contributed by atoms with Crippen molar-refractivity contribution in [1.82, 2.24) is 9.88 Å². The van der Waals surface area contributed by atoms with Gasteiger partial charge in [-0.2, -0.15) is 0 Å². The number of hydrogen-bond acceptors (Lipinski definition) is 4. The van der Waals surface area contributed by atoms with Crippen LogP contribution in [0.3, 0.4) is 0 Å². The molecule has 1 saturated heterocycles. The Labute approximate surface area is 131 Å². The number of hydrogen-bond donors (Lipinski definition) is 1. The summed E-state index contributed by atoms with van der Waals surface area (Å²) in [6.07, 6.45) is 4.63. The Morgan fingerprint density at radius 3 is 2.86 bits per heavy atom. The Balaban J connectivity index is 2.03. The molecular weight excluding hydrogens is 291 g/mol. The topological polar surface area (TPSA) is 45.4 Å². The van der Waals surface area contributed by atoms with E-state index in [9.17, 15) is 4.39 Å². The van der Waals surface area contributed by atoms with E-state index in [-0.39, 0.29) is 5.82 Å². The Kier molecular flexibility index (Phi) is 6.21. The van der Waals surface area contributed by atoms with E-state index >= 15 is 0 Å². The first-order chi connectivity index (χ1) is 10.2. The molecule has 2 N–H and O–H groups in total. The second kappa shape index (κ2) is 7.92. The molecule has 0 aliphatic carbocycles. The molecule has 0 amide bonds. The molecule has 1 aliphatic rings. The van der Waals surface area contributed by atoms with Crippen molar-refractivity contribution in [2.45, 2.75) is 32.2 Å². The average molecular weight is 315 g/mol. The van der Waals surface area contributed by atoms with Gasteiger partial charge in [-0.25, -0.2) is 9.37 Å². The smallest absolute Gasteiger partial charge is 0.167 e. The zero-order valence-electron chi connectivity index (χ0n) is 12.6. The number of aromatic nitrogens is 1. The predicted octanol–water partition coefficient (Wildman–Crippen LogP) is 2.51. The minimum absolute atomic E-state index is 0.335. The molecule has 0 spiro atoms. The van der Waals surface area contributed by atoms with Crippen LogP contribution in [0.25, 0.3) is 0 Å². The van der Waals surface area contributed by atoms with Crippen LogP contribution >= 0.6 is 11.6 Å². The second-order valence-corrected chi connectivity index (χ2v) is 5.91. The summed E-state index contributed by atoms with van der Waals surface area (Å²) >= 11 is 5.77. The van der Waals surface area contributed by atoms with Crippen molar-refractivity contribution in [1.29, 1.82) is 0 Å². The lowest BCUT2D eigenvalue weighted by atomic mass is 10.1. The Morgan fingerprint density at radius 1 is 1.38 bits per heavy atom. The van der Waals surface area contributed by atoms with Gasteiger partial charge >= 0.3 is 0 Å². The van der Waals surface area contributed by atoms with Crippen molar-refractivity contribution in [2.24, 2.45) is 5.73 Å². The highest BCUT2D eigenvalue weighted by Crippen LogP contribution is 2.22. The molecule has 1 fully saturated rings. The summed E-state index contributed by atoms with van der Waals surface area (Å²) in [6.45, 7) is 6.47. The van der Waals surface area contributed by atoms with E-state index in [2.05, 4.69) is 16.8 Å². The van der Waals surface area contributed by atoms with Gasteiger partial charge < -0.3 is 10.6 Å². The molecule has 0 bridgehead atoms. The number of halogens is 2. The molecule has 1 unspecified atom stereocenters. The number of anilines is 1. The molecule has 1 aliphatic heterocycles. The average Bonchev–Trinajstić information content (AvgIpc) is 2.70. The zero-order chi connectivity index (χ0) is 15.2. The maximum atomic E-state index is 14.0. The molecule has 0 radical (unpaired) electrons. The summed E-state index contributed by atoms with van der Waals surface area (Å²) < 4.78 is 14.0. The van der Waals surface area contributed by atoms with Crippen LogP contribution in [-0.2, 0) is 0 Å². The third-order valence-electron chi connectivity index (χ3n) is 4.11. The summed E-state index contributed by atoms with van der Waals surface area (Å²) in [5.41, 5.74) is 5.69. The first-order valence-corrected chi connectivity index (χ1v) is 8.03.